The molecule has 136 valence electrons. The standard InChI is InChI=1S/C22H19ClN2O2/c23-18-13-7-8-14-19(18)24-21(26)15-20(16-9-3-1-4-10-16)25-22(27)17-11-5-2-6-12-17/h1-14,20H,15H2,(H,24,26)(H,25,27)/t20-/m0/s1. The van der Waals surface area contributed by atoms with Crippen molar-refractivity contribution in [2.45, 2.75) is 12.5 Å². The highest BCUT2D eigenvalue weighted by Crippen LogP contribution is 2.23. The summed E-state index contributed by atoms with van der Waals surface area (Å²) < 4.78 is 0. The van der Waals surface area contributed by atoms with E-state index < -0.39 is 6.04 Å². The Morgan fingerprint density at radius 1 is 0.815 bits per heavy atom. The predicted molar refractivity (Wildman–Crippen MR) is 108 cm³/mol. The fraction of sp³-hybridized carbons (Fsp3) is 0.0909. The Labute approximate surface area is 163 Å². The molecular formula is C22H19ClN2O2. The van der Waals surface area contributed by atoms with Gasteiger partial charge in [-0.2, -0.15) is 0 Å². The highest BCUT2D eigenvalue weighted by Gasteiger charge is 2.19. The molecule has 2 amide bonds. The topological polar surface area (TPSA) is 58.2 Å². The van der Waals surface area contributed by atoms with Crippen molar-refractivity contribution in [3.8, 4) is 0 Å². The number of para-hydroxylation sites is 1. The van der Waals surface area contributed by atoms with Gasteiger partial charge in [-0.15, -0.1) is 0 Å². The molecule has 0 radical (unpaired) electrons. The molecule has 0 saturated heterocycles. The number of hydrogen-bond acceptors (Lipinski definition) is 2. The highest BCUT2D eigenvalue weighted by atomic mass is 35.5. The Bertz CT molecular complexity index is 914. The molecule has 3 rings (SSSR count). The Hall–Kier alpha value is -3.11. The van der Waals surface area contributed by atoms with E-state index in [0.29, 0.717) is 16.3 Å². The van der Waals surface area contributed by atoms with E-state index in [1.165, 1.54) is 0 Å². The second-order valence-electron chi connectivity index (χ2n) is 6.03. The first-order valence-electron chi connectivity index (χ1n) is 8.59. The van der Waals surface area contributed by atoms with Crippen LogP contribution in [0, 0.1) is 0 Å². The number of rotatable bonds is 6. The summed E-state index contributed by atoms with van der Waals surface area (Å²) in [5, 5.41) is 6.22. The maximum absolute atomic E-state index is 12.6. The second kappa shape index (κ2) is 9.01. The minimum Gasteiger partial charge on any atom is -0.345 e. The Morgan fingerprint density at radius 2 is 1.41 bits per heavy atom. The molecule has 0 aromatic heterocycles. The summed E-state index contributed by atoms with van der Waals surface area (Å²) in [4.78, 5) is 25.1. The first kappa shape index (κ1) is 18.7. The number of benzene rings is 3. The quantitative estimate of drug-likeness (QED) is 0.644. The van der Waals surface area contributed by atoms with E-state index in [1.807, 2.05) is 36.4 Å². The highest BCUT2D eigenvalue weighted by molar-refractivity contribution is 6.33. The van der Waals surface area contributed by atoms with Gasteiger partial charge in [0.1, 0.15) is 0 Å². The monoisotopic (exact) mass is 378 g/mol. The number of halogens is 1. The van der Waals surface area contributed by atoms with E-state index in [1.54, 1.807) is 48.5 Å². The summed E-state index contributed by atoms with van der Waals surface area (Å²) in [6, 6.07) is 24.9. The summed E-state index contributed by atoms with van der Waals surface area (Å²) in [7, 11) is 0. The molecule has 0 bridgehead atoms. The van der Waals surface area contributed by atoms with E-state index in [9.17, 15) is 9.59 Å². The summed E-state index contributed by atoms with van der Waals surface area (Å²) in [6.07, 6.45) is 0.0911. The Morgan fingerprint density at radius 3 is 2.07 bits per heavy atom. The van der Waals surface area contributed by atoms with Gasteiger partial charge in [-0.25, -0.2) is 0 Å². The molecule has 3 aromatic rings. The fourth-order valence-electron chi connectivity index (χ4n) is 2.72. The maximum atomic E-state index is 12.6. The third kappa shape index (κ3) is 5.19. The largest absolute Gasteiger partial charge is 0.345 e. The van der Waals surface area contributed by atoms with Gasteiger partial charge >= 0.3 is 0 Å². The predicted octanol–water partition coefficient (Wildman–Crippen LogP) is 4.84. The van der Waals surface area contributed by atoms with Gasteiger partial charge < -0.3 is 10.6 Å². The van der Waals surface area contributed by atoms with Crippen molar-refractivity contribution in [1.29, 1.82) is 0 Å². The van der Waals surface area contributed by atoms with Gasteiger partial charge in [-0.05, 0) is 29.8 Å². The van der Waals surface area contributed by atoms with Crippen LogP contribution in [0.1, 0.15) is 28.4 Å². The van der Waals surface area contributed by atoms with Crippen LogP contribution in [0.15, 0.2) is 84.9 Å². The maximum Gasteiger partial charge on any atom is 0.251 e. The van der Waals surface area contributed by atoms with Gasteiger partial charge in [-0.3, -0.25) is 9.59 Å². The van der Waals surface area contributed by atoms with E-state index in [0.717, 1.165) is 5.56 Å². The number of anilines is 1. The van der Waals surface area contributed by atoms with Crippen LogP contribution < -0.4 is 10.6 Å². The zero-order valence-electron chi connectivity index (χ0n) is 14.6. The molecule has 0 aliphatic rings. The van der Waals surface area contributed by atoms with Gasteiger partial charge in [0.25, 0.3) is 5.91 Å². The number of amides is 2. The van der Waals surface area contributed by atoms with Crippen molar-refractivity contribution in [2.75, 3.05) is 5.32 Å². The Balaban J connectivity index is 1.75. The molecule has 0 saturated carbocycles. The van der Waals surface area contributed by atoms with E-state index in [-0.39, 0.29) is 18.2 Å². The number of carbonyl (C=O) groups is 2. The Kier molecular flexibility index (Phi) is 6.23. The minimum absolute atomic E-state index is 0.0911. The number of carbonyl (C=O) groups excluding carboxylic acids is 2. The van der Waals surface area contributed by atoms with E-state index in [4.69, 9.17) is 11.6 Å². The van der Waals surface area contributed by atoms with Crippen LogP contribution in [0.3, 0.4) is 0 Å². The SMILES string of the molecule is O=C(C[C@H](NC(=O)c1ccccc1)c1ccccc1)Nc1ccccc1Cl. The van der Waals surface area contributed by atoms with Gasteiger partial charge in [0.2, 0.25) is 5.91 Å². The van der Waals surface area contributed by atoms with Crippen molar-refractivity contribution < 1.29 is 9.59 Å². The molecular weight excluding hydrogens is 360 g/mol. The normalized spacial score (nSPS) is 11.4. The van der Waals surface area contributed by atoms with Crippen LogP contribution in [0.5, 0.6) is 0 Å². The van der Waals surface area contributed by atoms with Crippen LogP contribution in [-0.4, -0.2) is 11.8 Å². The molecule has 5 heteroatoms. The lowest BCUT2D eigenvalue weighted by Gasteiger charge is -2.19. The zero-order valence-corrected chi connectivity index (χ0v) is 15.3. The van der Waals surface area contributed by atoms with Crippen LogP contribution in [-0.2, 0) is 4.79 Å². The van der Waals surface area contributed by atoms with Gasteiger partial charge in [0.05, 0.1) is 23.2 Å². The zero-order chi connectivity index (χ0) is 19.1. The van der Waals surface area contributed by atoms with Crippen molar-refractivity contribution in [3.63, 3.8) is 0 Å². The molecule has 0 unspecified atom stereocenters. The van der Waals surface area contributed by atoms with Crippen molar-refractivity contribution >= 4 is 29.1 Å². The lowest BCUT2D eigenvalue weighted by atomic mass is 10.0. The lowest BCUT2D eigenvalue weighted by Crippen LogP contribution is -2.31. The van der Waals surface area contributed by atoms with Crippen LogP contribution in [0.2, 0.25) is 5.02 Å². The summed E-state index contributed by atoms with van der Waals surface area (Å²) in [5.74, 6) is -0.458. The molecule has 0 fully saturated rings. The van der Waals surface area contributed by atoms with Gasteiger partial charge in [0.15, 0.2) is 0 Å². The second-order valence-corrected chi connectivity index (χ2v) is 6.44. The van der Waals surface area contributed by atoms with Crippen LogP contribution in [0.4, 0.5) is 5.69 Å². The first-order valence-corrected chi connectivity index (χ1v) is 8.96. The third-order valence-electron chi connectivity index (χ3n) is 4.08. The van der Waals surface area contributed by atoms with Crippen LogP contribution in [0.25, 0.3) is 0 Å². The summed E-state index contributed by atoms with van der Waals surface area (Å²) >= 11 is 6.10. The molecule has 27 heavy (non-hydrogen) atoms. The van der Waals surface area contributed by atoms with E-state index >= 15 is 0 Å². The fourth-order valence-corrected chi connectivity index (χ4v) is 2.90. The van der Waals surface area contributed by atoms with Gasteiger partial charge in [0, 0.05) is 5.56 Å². The third-order valence-corrected chi connectivity index (χ3v) is 4.41. The van der Waals surface area contributed by atoms with Crippen molar-refractivity contribution in [1.82, 2.24) is 5.32 Å². The molecule has 0 spiro atoms. The van der Waals surface area contributed by atoms with E-state index in [2.05, 4.69) is 10.6 Å². The lowest BCUT2D eigenvalue weighted by molar-refractivity contribution is -0.116. The molecule has 4 nitrogen and oxygen atoms in total. The molecule has 3 aromatic carbocycles. The molecule has 1 atom stereocenters. The van der Waals surface area contributed by atoms with Crippen molar-refractivity contribution in [2.24, 2.45) is 0 Å². The summed E-state index contributed by atoms with van der Waals surface area (Å²) in [6.45, 7) is 0. The minimum atomic E-state index is -0.457. The van der Waals surface area contributed by atoms with Crippen LogP contribution >= 0.6 is 11.6 Å². The smallest absolute Gasteiger partial charge is 0.251 e. The average Bonchev–Trinajstić information content (AvgIpc) is 2.70. The number of hydrogen-bond donors (Lipinski definition) is 2. The molecule has 2 N–H and O–H groups in total. The summed E-state index contributed by atoms with van der Waals surface area (Å²) in [5.41, 5.74) is 1.95. The van der Waals surface area contributed by atoms with Gasteiger partial charge in [-0.1, -0.05) is 72.3 Å². The first-order chi connectivity index (χ1) is 13.1. The molecule has 0 aliphatic carbocycles. The molecule has 0 heterocycles. The average molecular weight is 379 g/mol. The number of nitrogens with one attached hydrogen (secondary N) is 2. The molecule has 0 aliphatic heterocycles. The van der Waals surface area contributed by atoms with Crippen molar-refractivity contribution in [3.05, 3.63) is 101 Å².